The lowest BCUT2D eigenvalue weighted by Gasteiger charge is -2.17. The predicted octanol–water partition coefficient (Wildman–Crippen LogP) is 9.12. The van der Waals surface area contributed by atoms with Gasteiger partial charge in [0.1, 0.15) is 19.0 Å². The van der Waals surface area contributed by atoms with Gasteiger partial charge >= 0.3 is 0 Å². The Bertz CT molecular complexity index is 1490. The highest BCUT2D eigenvalue weighted by molar-refractivity contribution is 14.1. The van der Waals surface area contributed by atoms with Crippen LogP contribution in [0.2, 0.25) is 10.0 Å². The van der Waals surface area contributed by atoms with Crippen LogP contribution >= 0.6 is 57.6 Å². The van der Waals surface area contributed by atoms with Gasteiger partial charge in [-0.05, 0) is 107 Å². The maximum atomic E-state index is 13.2. The highest BCUT2D eigenvalue weighted by atomic mass is 127. The van der Waals surface area contributed by atoms with Gasteiger partial charge in [-0.3, -0.25) is 14.5 Å². The number of carbonyl (C=O) groups excluding carboxylic acids is 2. The number of ether oxygens (including phenoxy) is 3. The van der Waals surface area contributed by atoms with E-state index in [4.69, 9.17) is 37.4 Å². The summed E-state index contributed by atoms with van der Waals surface area (Å²) in [6, 6.07) is 15.0. The van der Waals surface area contributed by atoms with E-state index in [-0.39, 0.29) is 30.9 Å². The molecular formula is C31H30Cl2INO5S. The van der Waals surface area contributed by atoms with Gasteiger partial charge in [0.25, 0.3) is 11.1 Å². The van der Waals surface area contributed by atoms with Crippen LogP contribution < -0.4 is 14.2 Å². The fraction of sp³-hybridized carbons (Fsp3) is 0.290. The summed E-state index contributed by atoms with van der Waals surface area (Å²) in [5, 5.41) is 0.747. The first kappa shape index (κ1) is 31.5. The summed E-state index contributed by atoms with van der Waals surface area (Å²) in [5.41, 5.74) is 3.69. The largest absolute Gasteiger partial charge is 0.491 e. The molecule has 4 rings (SSSR count). The summed E-state index contributed by atoms with van der Waals surface area (Å²) in [6.07, 6.45) is 1.70. The van der Waals surface area contributed by atoms with E-state index >= 15 is 0 Å². The second-order valence-electron chi connectivity index (χ2n) is 9.67. The number of benzene rings is 3. The van der Waals surface area contributed by atoms with Crippen molar-refractivity contribution in [3.8, 4) is 17.2 Å². The van der Waals surface area contributed by atoms with Gasteiger partial charge in [-0.15, -0.1) is 0 Å². The van der Waals surface area contributed by atoms with Gasteiger partial charge in [0.2, 0.25) is 0 Å². The first-order valence-corrected chi connectivity index (χ1v) is 15.7. The highest BCUT2D eigenvalue weighted by Crippen LogP contribution is 2.38. The summed E-state index contributed by atoms with van der Waals surface area (Å²) in [5.74, 6) is 1.83. The number of carbonyl (C=O) groups is 2. The van der Waals surface area contributed by atoms with Crippen LogP contribution in [0.1, 0.15) is 48.9 Å². The molecule has 0 spiro atoms. The molecule has 0 saturated carbocycles. The minimum Gasteiger partial charge on any atom is -0.491 e. The molecule has 41 heavy (non-hydrogen) atoms. The Balaban J connectivity index is 1.47. The van der Waals surface area contributed by atoms with Crippen molar-refractivity contribution >= 4 is 74.8 Å². The number of aryl methyl sites for hydroxylation is 1. The van der Waals surface area contributed by atoms with Gasteiger partial charge in [-0.2, -0.15) is 0 Å². The molecule has 10 heteroatoms. The Kier molecular flexibility index (Phi) is 10.9. The molecular weight excluding hydrogens is 696 g/mol. The number of amides is 2. The molecule has 0 aliphatic carbocycles. The van der Waals surface area contributed by atoms with Crippen LogP contribution in [0.5, 0.6) is 17.2 Å². The normalized spacial score (nSPS) is 14.3. The van der Waals surface area contributed by atoms with Crippen LogP contribution in [0.3, 0.4) is 0 Å². The van der Waals surface area contributed by atoms with Crippen molar-refractivity contribution in [2.24, 2.45) is 0 Å². The third kappa shape index (κ3) is 7.91. The van der Waals surface area contributed by atoms with Crippen molar-refractivity contribution in [1.29, 1.82) is 0 Å². The number of halogens is 3. The first-order valence-electron chi connectivity index (χ1n) is 13.1. The van der Waals surface area contributed by atoms with Gasteiger partial charge < -0.3 is 14.2 Å². The maximum absolute atomic E-state index is 13.2. The molecule has 0 N–H and O–H groups in total. The van der Waals surface area contributed by atoms with Crippen molar-refractivity contribution in [3.05, 3.63) is 89.3 Å². The zero-order valence-electron chi connectivity index (χ0n) is 23.1. The number of nitrogens with zero attached hydrogens (tertiary/aromatic N) is 1. The van der Waals surface area contributed by atoms with E-state index in [9.17, 15) is 9.59 Å². The molecule has 1 aliphatic rings. The minimum absolute atomic E-state index is 0.162. The smallest absolute Gasteiger partial charge is 0.293 e. The zero-order valence-corrected chi connectivity index (χ0v) is 27.6. The van der Waals surface area contributed by atoms with Crippen LogP contribution in [0.4, 0.5) is 4.79 Å². The second-order valence-corrected chi connectivity index (χ2v) is 12.7. The van der Waals surface area contributed by atoms with Crippen molar-refractivity contribution in [1.82, 2.24) is 4.90 Å². The predicted molar refractivity (Wildman–Crippen MR) is 175 cm³/mol. The molecule has 2 amide bonds. The van der Waals surface area contributed by atoms with Crippen LogP contribution in [0.15, 0.2) is 53.4 Å². The summed E-state index contributed by atoms with van der Waals surface area (Å²) in [4.78, 5) is 27.4. The minimum atomic E-state index is -0.345. The molecule has 0 bridgehead atoms. The molecule has 1 fully saturated rings. The number of hydrogen-bond donors (Lipinski definition) is 0. The van der Waals surface area contributed by atoms with E-state index in [2.05, 4.69) is 48.6 Å². The highest BCUT2D eigenvalue weighted by Gasteiger charge is 2.35. The van der Waals surface area contributed by atoms with Crippen LogP contribution in [-0.4, -0.2) is 35.8 Å². The lowest BCUT2D eigenvalue weighted by Crippen LogP contribution is -2.32. The molecule has 0 radical (unpaired) electrons. The molecule has 1 heterocycles. The van der Waals surface area contributed by atoms with E-state index in [1.54, 1.807) is 24.3 Å². The lowest BCUT2D eigenvalue weighted by molar-refractivity contribution is -0.123. The van der Waals surface area contributed by atoms with E-state index in [1.807, 2.05) is 32.0 Å². The van der Waals surface area contributed by atoms with Gasteiger partial charge in [0, 0.05) is 15.6 Å². The molecule has 3 aromatic rings. The number of hydrogen-bond acceptors (Lipinski definition) is 6. The first-order chi connectivity index (χ1) is 19.6. The molecule has 1 aliphatic heterocycles. The Morgan fingerprint density at radius 2 is 1.78 bits per heavy atom. The molecule has 0 aromatic heterocycles. The monoisotopic (exact) mass is 725 g/mol. The van der Waals surface area contributed by atoms with Gasteiger partial charge in [-0.1, -0.05) is 55.2 Å². The van der Waals surface area contributed by atoms with E-state index in [0.29, 0.717) is 39.0 Å². The summed E-state index contributed by atoms with van der Waals surface area (Å²) >= 11 is 15.4. The number of rotatable bonds is 11. The van der Waals surface area contributed by atoms with Crippen molar-refractivity contribution in [3.63, 3.8) is 0 Å². The number of thioether (sulfide) groups is 1. The topological polar surface area (TPSA) is 65.1 Å². The van der Waals surface area contributed by atoms with Gasteiger partial charge in [0.15, 0.2) is 11.5 Å². The molecule has 216 valence electrons. The molecule has 0 unspecified atom stereocenters. The fourth-order valence-corrected chi connectivity index (χ4v) is 6.31. The van der Waals surface area contributed by atoms with Crippen LogP contribution in [0, 0.1) is 10.5 Å². The fourth-order valence-electron chi connectivity index (χ4n) is 4.20. The van der Waals surface area contributed by atoms with E-state index in [1.165, 1.54) is 4.90 Å². The van der Waals surface area contributed by atoms with Gasteiger partial charge in [0.05, 0.1) is 21.6 Å². The molecule has 0 atom stereocenters. The van der Waals surface area contributed by atoms with Gasteiger partial charge in [-0.25, -0.2) is 0 Å². The quantitative estimate of drug-likeness (QED) is 0.145. The Morgan fingerprint density at radius 3 is 2.49 bits per heavy atom. The molecule has 1 saturated heterocycles. The van der Waals surface area contributed by atoms with Crippen LogP contribution in [-0.2, 0) is 11.4 Å². The second kappa shape index (κ2) is 14.2. The molecule has 3 aromatic carbocycles. The summed E-state index contributed by atoms with van der Waals surface area (Å²) < 4.78 is 18.7. The third-order valence-corrected chi connectivity index (χ3v) is 8.55. The van der Waals surface area contributed by atoms with Crippen molar-refractivity contribution in [2.75, 3.05) is 19.8 Å². The Labute approximate surface area is 268 Å². The van der Waals surface area contributed by atoms with Crippen molar-refractivity contribution in [2.45, 2.75) is 40.2 Å². The van der Waals surface area contributed by atoms with Crippen LogP contribution in [0.25, 0.3) is 6.08 Å². The average Bonchev–Trinajstić information content (AvgIpc) is 3.16. The maximum Gasteiger partial charge on any atom is 0.293 e. The summed E-state index contributed by atoms with van der Waals surface area (Å²) in [7, 11) is 0. The standard InChI is InChI=1S/C31H30Cl2INO5S/c1-5-38-27-14-20(13-25(34)29(27)40-17-21-7-8-22(32)16-24(21)33)15-28-30(36)35(31(37)41-28)10-11-39-26-12-19(4)6-9-23(26)18(2)3/h6-9,12-16,18H,5,10-11,17H2,1-4H3/b28-15-. The van der Waals surface area contributed by atoms with E-state index < -0.39 is 0 Å². The average molecular weight is 726 g/mol. The zero-order chi connectivity index (χ0) is 29.7. The molecule has 6 nitrogen and oxygen atoms in total. The number of imide groups is 1. The van der Waals surface area contributed by atoms with Crippen molar-refractivity contribution < 1.29 is 23.8 Å². The third-order valence-electron chi connectivity index (χ3n) is 6.25. The Morgan fingerprint density at radius 1 is 1.00 bits per heavy atom. The Hall–Kier alpha value is -2.40. The lowest BCUT2D eigenvalue weighted by atomic mass is 10.0. The summed E-state index contributed by atoms with van der Waals surface area (Å²) in [6.45, 7) is 9.12. The SMILES string of the molecule is CCOc1cc(/C=C2\SC(=O)N(CCOc3cc(C)ccc3C(C)C)C2=O)cc(I)c1OCc1ccc(Cl)cc1Cl. The van der Waals surface area contributed by atoms with E-state index in [0.717, 1.165) is 43.3 Å².